The predicted molar refractivity (Wildman–Crippen MR) is 68.0 cm³/mol. The number of hydrogen-bond donors (Lipinski definition) is 1. The van der Waals surface area contributed by atoms with Crippen LogP contribution in [0.15, 0.2) is 28.9 Å². The summed E-state index contributed by atoms with van der Waals surface area (Å²) in [7, 11) is 0. The number of aromatic nitrogens is 2. The highest BCUT2D eigenvalue weighted by Gasteiger charge is 2.29. The highest BCUT2D eigenvalue weighted by Crippen LogP contribution is 2.25. The maximum Gasteiger partial charge on any atom is 0.235 e. The quantitative estimate of drug-likeness (QED) is 0.814. The van der Waals surface area contributed by atoms with Crippen molar-refractivity contribution in [3.8, 4) is 0 Å². The maximum absolute atomic E-state index is 11.8. The minimum Gasteiger partial charge on any atom is -0.296 e. The van der Waals surface area contributed by atoms with E-state index in [1.165, 1.54) is 0 Å². The second kappa shape index (κ2) is 4.20. The van der Waals surface area contributed by atoms with Gasteiger partial charge in [0.25, 0.3) is 0 Å². The molecular weight excluding hydrogens is 298 g/mol. The molecule has 0 spiro atoms. The number of carbonyl (C=O) groups excluding carboxylic acids is 2. The Morgan fingerprint density at radius 1 is 1.39 bits per heavy atom. The summed E-state index contributed by atoms with van der Waals surface area (Å²) in [5, 5.41) is 6.73. The lowest BCUT2D eigenvalue weighted by Gasteiger charge is -2.18. The molecule has 6 heteroatoms. The average Bonchev–Trinajstić information content (AvgIpc) is 2.71. The second-order valence-corrected chi connectivity index (χ2v) is 5.21. The summed E-state index contributed by atoms with van der Waals surface area (Å²) in [6.45, 7) is 0. The SMILES string of the molecule is O=C1CCC(c2cc3ccc(Br)cn3n2)C(=O)N1. The summed E-state index contributed by atoms with van der Waals surface area (Å²) >= 11 is 3.37. The van der Waals surface area contributed by atoms with Crippen LogP contribution in [-0.4, -0.2) is 21.4 Å². The molecule has 1 fully saturated rings. The van der Waals surface area contributed by atoms with E-state index in [2.05, 4.69) is 26.3 Å². The zero-order valence-electron chi connectivity index (χ0n) is 9.39. The fourth-order valence-corrected chi connectivity index (χ4v) is 2.45. The first-order chi connectivity index (χ1) is 8.63. The van der Waals surface area contributed by atoms with Gasteiger partial charge in [0.05, 0.1) is 17.1 Å². The van der Waals surface area contributed by atoms with Gasteiger partial charge in [-0.05, 0) is 40.5 Å². The molecule has 3 rings (SSSR count). The highest BCUT2D eigenvalue weighted by molar-refractivity contribution is 9.10. The van der Waals surface area contributed by atoms with E-state index < -0.39 is 0 Å². The lowest BCUT2D eigenvalue weighted by Crippen LogP contribution is -2.39. The molecule has 0 aliphatic carbocycles. The number of carbonyl (C=O) groups is 2. The van der Waals surface area contributed by atoms with Crippen LogP contribution in [0.2, 0.25) is 0 Å². The molecule has 5 nitrogen and oxygen atoms in total. The Labute approximate surface area is 111 Å². The van der Waals surface area contributed by atoms with Gasteiger partial charge in [-0.3, -0.25) is 14.9 Å². The first-order valence-electron chi connectivity index (χ1n) is 5.62. The monoisotopic (exact) mass is 307 g/mol. The third kappa shape index (κ3) is 1.92. The van der Waals surface area contributed by atoms with Crippen molar-refractivity contribution in [3.05, 3.63) is 34.6 Å². The summed E-state index contributed by atoms with van der Waals surface area (Å²) < 4.78 is 2.65. The van der Waals surface area contributed by atoms with Gasteiger partial charge in [0.15, 0.2) is 0 Å². The molecule has 1 unspecified atom stereocenters. The zero-order valence-corrected chi connectivity index (χ0v) is 11.0. The summed E-state index contributed by atoms with van der Waals surface area (Å²) in [4.78, 5) is 22.9. The van der Waals surface area contributed by atoms with E-state index in [9.17, 15) is 9.59 Å². The van der Waals surface area contributed by atoms with E-state index in [4.69, 9.17) is 0 Å². The van der Waals surface area contributed by atoms with Crippen molar-refractivity contribution in [1.29, 1.82) is 0 Å². The van der Waals surface area contributed by atoms with Crippen LogP contribution < -0.4 is 5.32 Å². The Bertz CT molecular complexity index is 650. The summed E-state index contributed by atoms with van der Waals surface area (Å²) in [5.41, 5.74) is 1.64. The molecule has 1 aliphatic heterocycles. The van der Waals surface area contributed by atoms with Gasteiger partial charge in [-0.1, -0.05) is 0 Å². The third-order valence-electron chi connectivity index (χ3n) is 3.04. The van der Waals surface area contributed by atoms with Gasteiger partial charge < -0.3 is 0 Å². The average molecular weight is 308 g/mol. The van der Waals surface area contributed by atoms with Crippen LogP contribution in [0.25, 0.3) is 5.52 Å². The summed E-state index contributed by atoms with van der Waals surface area (Å²) in [6, 6.07) is 5.73. The van der Waals surface area contributed by atoms with Crippen molar-refractivity contribution in [2.75, 3.05) is 0 Å². The van der Waals surface area contributed by atoms with Gasteiger partial charge >= 0.3 is 0 Å². The zero-order chi connectivity index (χ0) is 12.7. The number of nitrogens with one attached hydrogen (secondary N) is 1. The number of imide groups is 1. The standard InChI is InChI=1S/C12H10BrN3O2/c13-7-1-2-8-5-10(15-16(8)6-7)9-3-4-11(17)14-12(9)18/h1-2,5-6,9H,3-4H2,(H,14,17,18). The molecule has 1 saturated heterocycles. The van der Waals surface area contributed by atoms with Gasteiger partial charge in [-0.15, -0.1) is 0 Å². The molecule has 0 saturated carbocycles. The van der Waals surface area contributed by atoms with Gasteiger partial charge in [-0.2, -0.15) is 5.10 Å². The van der Waals surface area contributed by atoms with Crippen LogP contribution in [-0.2, 0) is 9.59 Å². The normalized spacial score (nSPS) is 20.2. The van der Waals surface area contributed by atoms with Gasteiger partial charge in [-0.25, -0.2) is 4.52 Å². The maximum atomic E-state index is 11.8. The van der Waals surface area contributed by atoms with E-state index in [0.29, 0.717) is 18.5 Å². The van der Waals surface area contributed by atoms with Crippen LogP contribution in [0, 0.1) is 0 Å². The number of hydrogen-bond acceptors (Lipinski definition) is 3. The Morgan fingerprint density at radius 3 is 3.00 bits per heavy atom. The van der Waals surface area contributed by atoms with Crippen molar-refractivity contribution < 1.29 is 9.59 Å². The third-order valence-corrected chi connectivity index (χ3v) is 3.51. The van der Waals surface area contributed by atoms with Crippen LogP contribution in [0.1, 0.15) is 24.5 Å². The fraction of sp³-hybridized carbons (Fsp3) is 0.250. The number of amides is 2. The summed E-state index contributed by atoms with van der Waals surface area (Å²) in [5.74, 6) is -0.794. The molecule has 1 N–H and O–H groups in total. The van der Waals surface area contributed by atoms with Gasteiger partial charge in [0, 0.05) is 17.1 Å². The van der Waals surface area contributed by atoms with Crippen molar-refractivity contribution in [2.24, 2.45) is 0 Å². The van der Waals surface area contributed by atoms with Crippen molar-refractivity contribution in [3.63, 3.8) is 0 Å². The van der Waals surface area contributed by atoms with Crippen molar-refractivity contribution in [1.82, 2.24) is 14.9 Å². The van der Waals surface area contributed by atoms with E-state index >= 15 is 0 Å². The number of halogens is 1. The van der Waals surface area contributed by atoms with E-state index in [0.717, 1.165) is 9.99 Å². The number of fused-ring (bicyclic) bond motifs is 1. The summed E-state index contributed by atoms with van der Waals surface area (Å²) in [6.07, 6.45) is 2.73. The van der Waals surface area contributed by atoms with Crippen LogP contribution in [0.3, 0.4) is 0 Å². The predicted octanol–water partition coefficient (Wildman–Crippen LogP) is 1.62. The van der Waals surface area contributed by atoms with Gasteiger partial charge in [0.1, 0.15) is 0 Å². The van der Waals surface area contributed by atoms with Gasteiger partial charge in [0.2, 0.25) is 11.8 Å². The number of nitrogens with zero attached hydrogens (tertiary/aromatic N) is 2. The van der Waals surface area contributed by atoms with Crippen LogP contribution in [0.5, 0.6) is 0 Å². The minimum atomic E-state index is -0.332. The Balaban J connectivity index is 1.99. The fourth-order valence-electron chi connectivity index (χ4n) is 2.13. The molecular formula is C12H10BrN3O2. The Kier molecular flexibility index (Phi) is 2.66. The van der Waals surface area contributed by atoms with E-state index in [-0.39, 0.29) is 17.7 Å². The highest BCUT2D eigenvalue weighted by atomic mass is 79.9. The molecule has 2 amide bonds. The smallest absolute Gasteiger partial charge is 0.235 e. The Hall–Kier alpha value is -1.69. The first-order valence-corrected chi connectivity index (χ1v) is 6.41. The lowest BCUT2D eigenvalue weighted by atomic mass is 9.95. The van der Waals surface area contributed by atoms with Crippen LogP contribution >= 0.6 is 15.9 Å². The number of rotatable bonds is 1. The molecule has 2 aromatic rings. The molecule has 0 bridgehead atoms. The molecule has 3 heterocycles. The van der Waals surface area contributed by atoms with Crippen molar-refractivity contribution >= 4 is 33.3 Å². The molecule has 2 aromatic heterocycles. The molecule has 92 valence electrons. The largest absolute Gasteiger partial charge is 0.296 e. The topological polar surface area (TPSA) is 63.5 Å². The lowest BCUT2D eigenvalue weighted by molar-refractivity contribution is -0.134. The number of piperidine rings is 1. The molecule has 1 aliphatic rings. The van der Waals surface area contributed by atoms with E-state index in [1.807, 2.05) is 24.4 Å². The molecule has 1 atom stereocenters. The molecule has 0 radical (unpaired) electrons. The molecule has 0 aromatic carbocycles. The van der Waals surface area contributed by atoms with Crippen molar-refractivity contribution in [2.45, 2.75) is 18.8 Å². The number of pyridine rings is 1. The minimum absolute atomic E-state index is 0.206. The van der Waals surface area contributed by atoms with E-state index in [1.54, 1.807) is 4.52 Å². The van der Waals surface area contributed by atoms with Crippen LogP contribution in [0.4, 0.5) is 0 Å². The second-order valence-electron chi connectivity index (χ2n) is 4.29. The Morgan fingerprint density at radius 2 is 2.22 bits per heavy atom. The first kappa shape index (κ1) is 11.4. The molecule has 18 heavy (non-hydrogen) atoms.